The van der Waals surface area contributed by atoms with Crippen LogP contribution in [-0.4, -0.2) is 37.7 Å². The van der Waals surface area contributed by atoms with Gasteiger partial charge in [-0.1, -0.05) is 19.3 Å². The number of amides is 1. The van der Waals surface area contributed by atoms with Crippen LogP contribution in [0.25, 0.3) is 0 Å². The smallest absolute Gasteiger partial charge is 0.259 e. The molecule has 0 radical (unpaired) electrons. The fraction of sp³-hybridized carbons (Fsp3) is 0.900. The van der Waals surface area contributed by atoms with E-state index in [0.29, 0.717) is 12.6 Å². The van der Waals surface area contributed by atoms with Crippen molar-refractivity contribution in [3.8, 4) is 0 Å². The first-order valence-corrected chi connectivity index (χ1v) is 5.28. The van der Waals surface area contributed by atoms with Crippen LogP contribution in [-0.2, 0) is 9.63 Å². The van der Waals surface area contributed by atoms with Gasteiger partial charge in [-0.2, -0.15) is 0 Å². The van der Waals surface area contributed by atoms with Crippen LogP contribution in [0, 0.1) is 0 Å². The Morgan fingerprint density at radius 2 is 2.07 bits per heavy atom. The van der Waals surface area contributed by atoms with Crippen LogP contribution in [0.1, 0.15) is 32.1 Å². The van der Waals surface area contributed by atoms with Gasteiger partial charge in [0.1, 0.15) is 0 Å². The number of hydrogen-bond donors (Lipinski definition) is 1. The number of likely N-dealkylation sites (N-methyl/N-ethyl adjacent to an activating group) is 1. The molecule has 0 aromatic rings. The van der Waals surface area contributed by atoms with E-state index < -0.39 is 0 Å². The van der Waals surface area contributed by atoms with E-state index in [4.69, 9.17) is 4.84 Å². The zero-order valence-corrected chi connectivity index (χ0v) is 9.08. The molecule has 1 aliphatic carbocycles. The molecule has 0 spiro atoms. The van der Waals surface area contributed by atoms with Crippen LogP contribution in [0.3, 0.4) is 0 Å². The Morgan fingerprint density at radius 1 is 1.43 bits per heavy atom. The van der Waals surface area contributed by atoms with E-state index >= 15 is 0 Å². The van der Waals surface area contributed by atoms with Crippen molar-refractivity contribution in [2.24, 2.45) is 0 Å². The average Bonchev–Trinajstić information content (AvgIpc) is 2.26. The molecule has 1 amide bonds. The second kappa shape index (κ2) is 5.98. The number of hydroxylamine groups is 2. The Balaban J connectivity index is 2.15. The predicted octanol–water partition coefficient (Wildman–Crippen LogP) is 0.928. The number of carbonyl (C=O) groups is 1. The van der Waals surface area contributed by atoms with Crippen LogP contribution < -0.4 is 5.32 Å². The molecule has 14 heavy (non-hydrogen) atoms. The van der Waals surface area contributed by atoms with Gasteiger partial charge in [0.05, 0.1) is 13.7 Å². The summed E-state index contributed by atoms with van der Waals surface area (Å²) in [6, 6.07) is 0.526. The molecule has 82 valence electrons. The maximum Gasteiger partial charge on any atom is 0.259 e. The Morgan fingerprint density at radius 3 is 2.64 bits per heavy atom. The summed E-state index contributed by atoms with van der Waals surface area (Å²) in [5, 5.41) is 4.53. The SMILES string of the molecule is CON(C)C(=O)CNC1CCCCC1. The van der Waals surface area contributed by atoms with Gasteiger partial charge < -0.3 is 5.32 Å². The van der Waals surface area contributed by atoms with Crippen molar-refractivity contribution in [1.82, 2.24) is 10.4 Å². The quantitative estimate of drug-likeness (QED) is 0.686. The molecule has 1 aliphatic rings. The van der Waals surface area contributed by atoms with E-state index in [1.54, 1.807) is 7.05 Å². The molecule has 4 heteroatoms. The van der Waals surface area contributed by atoms with Crippen molar-refractivity contribution in [2.45, 2.75) is 38.1 Å². The minimum Gasteiger partial charge on any atom is -0.306 e. The molecule has 0 heterocycles. The summed E-state index contributed by atoms with van der Waals surface area (Å²) in [6.07, 6.45) is 6.30. The molecule has 1 N–H and O–H groups in total. The van der Waals surface area contributed by atoms with E-state index in [-0.39, 0.29) is 5.91 Å². The van der Waals surface area contributed by atoms with Gasteiger partial charge in [-0.3, -0.25) is 9.63 Å². The Kier molecular flexibility index (Phi) is 4.90. The number of rotatable bonds is 4. The first kappa shape index (κ1) is 11.5. The van der Waals surface area contributed by atoms with Gasteiger partial charge in [0, 0.05) is 13.1 Å². The van der Waals surface area contributed by atoms with Gasteiger partial charge in [0.15, 0.2) is 0 Å². The van der Waals surface area contributed by atoms with Crippen molar-refractivity contribution in [3.63, 3.8) is 0 Å². The topological polar surface area (TPSA) is 41.6 Å². The van der Waals surface area contributed by atoms with Gasteiger partial charge >= 0.3 is 0 Å². The predicted molar refractivity (Wildman–Crippen MR) is 54.7 cm³/mol. The second-order valence-corrected chi connectivity index (χ2v) is 3.79. The Labute approximate surface area is 85.6 Å². The van der Waals surface area contributed by atoms with Gasteiger partial charge in [0.2, 0.25) is 0 Å². The minimum atomic E-state index is -0.0157. The van der Waals surface area contributed by atoms with E-state index in [0.717, 1.165) is 0 Å². The van der Waals surface area contributed by atoms with Crippen molar-refractivity contribution in [1.29, 1.82) is 0 Å². The largest absolute Gasteiger partial charge is 0.306 e. The molecule has 1 saturated carbocycles. The molecule has 0 unspecified atom stereocenters. The van der Waals surface area contributed by atoms with Gasteiger partial charge in [-0.05, 0) is 12.8 Å². The fourth-order valence-corrected chi connectivity index (χ4v) is 1.75. The average molecular weight is 200 g/mol. The molecule has 0 aliphatic heterocycles. The summed E-state index contributed by atoms with van der Waals surface area (Å²) in [5.41, 5.74) is 0. The zero-order valence-electron chi connectivity index (χ0n) is 9.08. The number of hydrogen-bond acceptors (Lipinski definition) is 3. The van der Waals surface area contributed by atoms with Crippen LogP contribution in [0.5, 0.6) is 0 Å². The van der Waals surface area contributed by atoms with E-state index in [1.807, 2.05) is 0 Å². The monoisotopic (exact) mass is 200 g/mol. The summed E-state index contributed by atoms with van der Waals surface area (Å²) >= 11 is 0. The third-order valence-corrected chi connectivity index (χ3v) is 2.77. The number of nitrogens with zero attached hydrogens (tertiary/aromatic N) is 1. The molecule has 0 bridgehead atoms. The standard InChI is InChI=1S/C10H20N2O2/c1-12(14-2)10(13)8-11-9-6-4-3-5-7-9/h9,11H,3-8H2,1-2H3. The highest BCUT2D eigenvalue weighted by Crippen LogP contribution is 2.16. The highest BCUT2D eigenvalue weighted by molar-refractivity contribution is 5.76. The molecule has 0 atom stereocenters. The minimum absolute atomic E-state index is 0.0157. The zero-order chi connectivity index (χ0) is 10.4. The molecular formula is C10H20N2O2. The summed E-state index contributed by atoms with van der Waals surface area (Å²) in [7, 11) is 3.13. The highest BCUT2D eigenvalue weighted by Gasteiger charge is 2.15. The lowest BCUT2D eigenvalue weighted by molar-refractivity contribution is -0.167. The third-order valence-electron chi connectivity index (χ3n) is 2.77. The summed E-state index contributed by atoms with van der Waals surface area (Å²) in [4.78, 5) is 16.2. The van der Waals surface area contributed by atoms with Crippen molar-refractivity contribution >= 4 is 5.91 Å². The van der Waals surface area contributed by atoms with Crippen molar-refractivity contribution < 1.29 is 9.63 Å². The molecule has 1 fully saturated rings. The molecule has 0 saturated heterocycles. The van der Waals surface area contributed by atoms with E-state index in [1.165, 1.54) is 44.3 Å². The molecule has 0 aromatic heterocycles. The van der Waals surface area contributed by atoms with E-state index in [9.17, 15) is 4.79 Å². The van der Waals surface area contributed by atoms with Crippen LogP contribution in [0.4, 0.5) is 0 Å². The van der Waals surface area contributed by atoms with E-state index in [2.05, 4.69) is 5.32 Å². The van der Waals surface area contributed by atoms with Crippen molar-refractivity contribution in [3.05, 3.63) is 0 Å². The second-order valence-electron chi connectivity index (χ2n) is 3.79. The van der Waals surface area contributed by atoms with Crippen molar-refractivity contribution in [2.75, 3.05) is 20.7 Å². The number of carbonyl (C=O) groups excluding carboxylic acids is 1. The summed E-state index contributed by atoms with van der Waals surface area (Å²) < 4.78 is 0. The fourth-order valence-electron chi connectivity index (χ4n) is 1.75. The van der Waals surface area contributed by atoms with Crippen LogP contribution >= 0.6 is 0 Å². The van der Waals surface area contributed by atoms with Crippen LogP contribution in [0.2, 0.25) is 0 Å². The summed E-state index contributed by atoms with van der Waals surface area (Å²) in [5.74, 6) is -0.0157. The lowest BCUT2D eigenvalue weighted by Crippen LogP contribution is -2.40. The van der Waals surface area contributed by atoms with Gasteiger partial charge in [-0.15, -0.1) is 0 Å². The molecule has 4 nitrogen and oxygen atoms in total. The first-order chi connectivity index (χ1) is 6.74. The maximum atomic E-state index is 11.4. The Bertz CT molecular complexity index is 179. The summed E-state index contributed by atoms with van der Waals surface area (Å²) in [6.45, 7) is 0.384. The number of nitrogens with one attached hydrogen (secondary N) is 1. The van der Waals surface area contributed by atoms with Gasteiger partial charge in [0.25, 0.3) is 5.91 Å². The molecule has 0 aromatic carbocycles. The highest BCUT2D eigenvalue weighted by atomic mass is 16.7. The maximum absolute atomic E-state index is 11.4. The third kappa shape index (κ3) is 3.64. The lowest BCUT2D eigenvalue weighted by atomic mass is 9.95. The Hall–Kier alpha value is -0.610. The normalized spacial score (nSPS) is 18.1. The molecule has 1 rings (SSSR count). The lowest BCUT2D eigenvalue weighted by Gasteiger charge is -2.23. The first-order valence-electron chi connectivity index (χ1n) is 5.28. The van der Waals surface area contributed by atoms with Crippen LogP contribution in [0.15, 0.2) is 0 Å². The molecular weight excluding hydrogens is 180 g/mol. The van der Waals surface area contributed by atoms with Gasteiger partial charge in [-0.25, -0.2) is 5.06 Å².